The molecular weight excluding hydrogens is 1190 g/mol. The molecule has 0 aromatic rings. The van der Waals surface area contributed by atoms with E-state index in [1.807, 2.05) is 0 Å². The van der Waals surface area contributed by atoms with Crippen molar-refractivity contribution in [3.05, 3.63) is 0 Å². The second-order valence-electron chi connectivity index (χ2n) is 26.1. The Morgan fingerprint density at radius 3 is 0.756 bits per heavy atom. The summed E-state index contributed by atoms with van der Waals surface area (Å²) >= 11 is 0. The number of carbonyl (C=O) groups excluding carboxylic acids is 4. The van der Waals surface area contributed by atoms with E-state index in [2.05, 4.69) is 34.6 Å². The summed E-state index contributed by atoms with van der Waals surface area (Å²) in [7, 11) is -9.90. The van der Waals surface area contributed by atoms with Crippen LogP contribution in [0.3, 0.4) is 0 Å². The first-order chi connectivity index (χ1) is 43.5. The largest absolute Gasteiger partial charge is 0.472 e. The van der Waals surface area contributed by atoms with Crippen LogP contribution >= 0.6 is 15.6 Å². The molecule has 0 spiro atoms. The van der Waals surface area contributed by atoms with Gasteiger partial charge in [-0.3, -0.25) is 37.3 Å². The number of ether oxygens (including phenoxy) is 4. The van der Waals surface area contributed by atoms with Crippen molar-refractivity contribution in [2.45, 2.75) is 387 Å². The number of phosphoric ester groups is 2. The van der Waals surface area contributed by atoms with Gasteiger partial charge in [0, 0.05) is 25.7 Å². The molecule has 0 aromatic heterocycles. The summed E-state index contributed by atoms with van der Waals surface area (Å²) < 4.78 is 68.3. The highest BCUT2D eigenvalue weighted by molar-refractivity contribution is 7.47. The Bertz CT molecular complexity index is 1740. The van der Waals surface area contributed by atoms with Gasteiger partial charge in [0.05, 0.1) is 26.4 Å². The number of hydrogen-bond acceptors (Lipinski definition) is 15. The van der Waals surface area contributed by atoms with Crippen molar-refractivity contribution in [1.29, 1.82) is 0 Å². The van der Waals surface area contributed by atoms with Gasteiger partial charge in [-0.1, -0.05) is 317 Å². The molecule has 5 atom stereocenters. The number of phosphoric acid groups is 2. The molecule has 0 aromatic carbocycles. The Hall–Kier alpha value is -1.94. The van der Waals surface area contributed by atoms with Crippen molar-refractivity contribution in [3.8, 4) is 0 Å². The van der Waals surface area contributed by atoms with Crippen molar-refractivity contribution >= 4 is 39.5 Å². The summed E-state index contributed by atoms with van der Waals surface area (Å²) in [6.45, 7) is 7.24. The number of aliphatic hydroxyl groups excluding tert-OH is 1. The molecule has 0 amide bonds. The third kappa shape index (κ3) is 64.8. The second kappa shape index (κ2) is 64.4. The molecule has 0 aliphatic rings. The first-order valence-electron chi connectivity index (χ1n) is 37.1. The predicted molar refractivity (Wildman–Crippen MR) is 363 cm³/mol. The van der Waals surface area contributed by atoms with Gasteiger partial charge in [-0.2, -0.15) is 0 Å². The Morgan fingerprint density at radius 1 is 0.300 bits per heavy atom. The Labute approximate surface area is 549 Å². The van der Waals surface area contributed by atoms with E-state index in [0.29, 0.717) is 25.7 Å². The maximum absolute atomic E-state index is 13.0. The van der Waals surface area contributed by atoms with Crippen LogP contribution in [-0.4, -0.2) is 96.7 Å². The minimum Gasteiger partial charge on any atom is -0.462 e. The van der Waals surface area contributed by atoms with E-state index >= 15 is 0 Å². The molecule has 0 radical (unpaired) electrons. The Balaban J connectivity index is 5.23. The zero-order valence-electron chi connectivity index (χ0n) is 58.3. The van der Waals surface area contributed by atoms with Gasteiger partial charge in [-0.15, -0.1) is 0 Å². The van der Waals surface area contributed by atoms with Crippen molar-refractivity contribution in [3.63, 3.8) is 0 Å². The van der Waals surface area contributed by atoms with Crippen LogP contribution in [0.5, 0.6) is 0 Å². The van der Waals surface area contributed by atoms with Crippen LogP contribution in [0.1, 0.15) is 369 Å². The van der Waals surface area contributed by atoms with Gasteiger partial charge in [0.15, 0.2) is 12.2 Å². The molecule has 17 nitrogen and oxygen atoms in total. The average molecular weight is 1330 g/mol. The van der Waals surface area contributed by atoms with E-state index in [0.717, 1.165) is 95.8 Å². The average Bonchev–Trinajstić information content (AvgIpc) is 3.60. The van der Waals surface area contributed by atoms with Gasteiger partial charge >= 0.3 is 39.5 Å². The predicted octanol–water partition coefficient (Wildman–Crippen LogP) is 20.5. The highest BCUT2D eigenvalue weighted by atomic mass is 31.2. The third-order valence-corrected chi connectivity index (χ3v) is 18.4. The summed E-state index contributed by atoms with van der Waals surface area (Å²) in [4.78, 5) is 72.5. The molecule has 0 fully saturated rings. The lowest BCUT2D eigenvalue weighted by atomic mass is 10.0. The topological polar surface area (TPSA) is 237 Å². The van der Waals surface area contributed by atoms with Crippen molar-refractivity contribution in [2.75, 3.05) is 39.6 Å². The van der Waals surface area contributed by atoms with Crippen LogP contribution in [-0.2, 0) is 65.4 Å². The normalized spacial score (nSPS) is 14.1. The smallest absolute Gasteiger partial charge is 0.462 e. The monoisotopic (exact) mass is 1320 g/mol. The molecule has 0 aliphatic heterocycles. The van der Waals surface area contributed by atoms with Gasteiger partial charge in [0.1, 0.15) is 19.3 Å². The van der Waals surface area contributed by atoms with Crippen molar-refractivity contribution in [1.82, 2.24) is 0 Å². The molecule has 0 saturated carbocycles. The van der Waals surface area contributed by atoms with E-state index in [4.69, 9.17) is 37.0 Å². The molecule has 0 bridgehead atoms. The summed E-state index contributed by atoms with van der Waals surface area (Å²) in [5.74, 6) is -1.36. The van der Waals surface area contributed by atoms with Crippen molar-refractivity contribution in [2.24, 2.45) is 5.92 Å². The van der Waals surface area contributed by atoms with E-state index in [1.54, 1.807) is 0 Å². The number of hydrogen-bond donors (Lipinski definition) is 3. The zero-order valence-corrected chi connectivity index (χ0v) is 60.1. The highest BCUT2D eigenvalue weighted by Crippen LogP contribution is 2.45. The first-order valence-corrected chi connectivity index (χ1v) is 40.1. The van der Waals surface area contributed by atoms with Gasteiger partial charge < -0.3 is 33.8 Å². The van der Waals surface area contributed by atoms with Crippen LogP contribution < -0.4 is 0 Å². The molecule has 90 heavy (non-hydrogen) atoms. The third-order valence-electron chi connectivity index (χ3n) is 16.5. The molecule has 3 N–H and O–H groups in total. The number of esters is 4. The van der Waals surface area contributed by atoms with E-state index in [1.165, 1.54) is 193 Å². The fourth-order valence-corrected chi connectivity index (χ4v) is 12.4. The number of carbonyl (C=O) groups is 4. The maximum Gasteiger partial charge on any atom is 0.472 e. The van der Waals surface area contributed by atoms with Gasteiger partial charge in [0.2, 0.25) is 0 Å². The standard InChI is InChI=1S/C71H138O17P2/c1-6-9-12-15-18-21-23-25-26-27-28-30-37-42-47-52-57-71(76)88-67(61-82-69(74)55-50-45-40-35-32-31-34-38-43-48-53-64(4)5)63-86-90(79,80)84-59-65(72)58-83-89(77,78)85-62-66(60-81-68(73)54-49-44-39-33-20-17-14-11-8-3)87-70(75)56-51-46-41-36-29-24-22-19-16-13-10-7-2/h64-67,72H,6-63H2,1-5H3,(H,77,78)(H,79,80)/t65-,66+,67+/m0/s1. The summed E-state index contributed by atoms with van der Waals surface area (Å²) in [5, 5.41) is 10.6. The van der Waals surface area contributed by atoms with Gasteiger partial charge in [0.25, 0.3) is 0 Å². The van der Waals surface area contributed by atoms with Crippen molar-refractivity contribution < 1.29 is 80.2 Å². The van der Waals surface area contributed by atoms with Gasteiger partial charge in [-0.25, -0.2) is 9.13 Å². The Kier molecular flexibility index (Phi) is 63.0. The lowest BCUT2D eigenvalue weighted by molar-refractivity contribution is -0.161. The molecular formula is C71H138O17P2. The first kappa shape index (κ1) is 88.1. The molecule has 2 unspecified atom stereocenters. The summed E-state index contributed by atoms with van der Waals surface area (Å²) in [6, 6.07) is 0. The molecule has 19 heteroatoms. The summed E-state index contributed by atoms with van der Waals surface area (Å²) in [5.41, 5.74) is 0. The van der Waals surface area contributed by atoms with Crippen LogP contribution in [0, 0.1) is 5.92 Å². The minimum absolute atomic E-state index is 0.107. The van der Waals surface area contributed by atoms with E-state index < -0.39 is 97.5 Å². The molecule has 0 rings (SSSR count). The van der Waals surface area contributed by atoms with Crippen LogP contribution in [0.15, 0.2) is 0 Å². The molecule has 534 valence electrons. The Morgan fingerprint density at radius 2 is 0.511 bits per heavy atom. The quantitative estimate of drug-likeness (QED) is 0.0222. The lowest BCUT2D eigenvalue weighted by Crippen LogP contribution is -2.30. The maximum atomic E-state index is 13.0. The second-order valence-corrected chi connectivity index (χ2v) is 29.0. The SMILES string of the molecule is CCCCCCCCCCCCCCCCCCC(=O)O[C@H](COC(=O)CCCCCCCCCCCCC(C)C)COP(=O)(O)OC[C@@H](O)COP(=O)(O)OC[C@@H](COC(=O)CCCCCCCCCCC)OC(=O)CCCCCCCCCCCCCC. The minimum atomic E-state index is -4.95. The number of rotatable bonds is 71. The zero-order chi connectivity index (χ0) is 66.3. The van der Waals surface area contributed by atoms with E-state index in [9.17, 15) is 43.2 Å². The van der Waals surface area contributed by atoms with Crippen LogP contribution in [0.4, 0.5) is 0 Å². The number of unbranched alkanes of at least 4 members (excludes halogenated alkanes) is 43. The molecule has 0 saturated heterocycles. The van der Waals surface area contributed by atoms with Crippen LogP contribution in [0.2, 0.25) is 0 Å². The lowest BCUT2D eigenvalue weighted by Gasteiger charge is -2.21. The fraction of sp³-hybridized carbons (Fsp3) is 0.944. The van der Waals surface area contributed by atoms with E-state index in [-0.39, 0.29) is 25.7 Å². The van der Waals surface area contributed by atoms with Gasteiger partial charge in [-0.05, 0) is 31.6 Å². The summed E-state index contributed by atoms with van der Waals surface area (Å²) in [6.07, 6.45) is 51.2. The molecule has 0 heterocycles. The highest BCUT2D eigenvalue weighted by Gasteiger charge is 2.30. The number of aliphatic hydroxyl groups is 1. The molecule has 0 aliphatic carbocycles. The van der Waals surface area contributed by atoms with Crippen LogP contribution in [0.25, 0.3) is 0 Å². The fourth-order valence-electron chi connectivity index (χ4n) is 10.8.